The molecule has 22 heavy (non-hydrogen) atoms. The maximum absolute atomic E-state index is 14.3. The molecule has 0 aliphatic carbocycles. The molecule has 0 saturated carbocycles. The summed E-state index contributed by atoms with van der Waals surface area (Å²) in [5.41, 5.74) is 0.366. The zero-order valence-corrected chi connectivity index (χ0v) is 12.1. The van der Waals surface area contributed by atoms with Gasteiger partial charge in [-0.05, 0) is 0 Å². The van der Waals surface area contributed by atoms with Crippen molar-refractivity contribution in [1.82, 2.24) is 9.88 Å². The number of ether oxygens (including phenoxy) is 1. The zero-order chi connectivity index (χ0) is 16.0. The number of aliphatic imine (C=N–C) groups is 1. The van der Waals surface area contributed by atoms with Gasteiger partial charge in [-0.2, -0.15) is 0 Å². The number of anilines is 1. The van der Waals surface area contributed by atoms with Crippen LogP contribution in [0.25, 0.3) is 0 Å². The van der Waals surface area contributed by atoms with Crippen LogP contribution in [0.15, 0.2) is 11.3 Å². The minimum absolute atomic E-state index is 0.264. The van der Waals surface area contributed by atoms with Gasteiger partial charge in [0.05, 0.1) is 13.7 Å². The lowest BCUT2D eigenvalue weighted by molar-refractivity contribution is -0.752. The van der Waals surface area contributed by atoms with Gasteiger partial charge in [0.25, 0.3) is 11.8 Å². The lowest BCUT2D eigenvalue weighted by Gasteiger charge is -2.28. The summed E-state index contributed by atoms with van der Waals surface area (Å²) in [7, 11) is 3.16. The van der Waals surface area contributed by atoms with Crippen molar-refractivity contribution in [3.63, 3.8) is 0 Å². The Morgan fingerprint density at radius 1 is 1.59 bits per heavy atom. The maximum atomic E-state index is 14.3. The van der Waals surface area contributed by atoms with Crippen molar-refractivity contribution < 1.29 is 29.0 Å². The summed E-state index contributed by atoms with van der Waals surface area (Å²) >= 11 is 0. The number of halogens is 1. The predicted molar refractivity (Wildman–Crippen MR) is 70.4 cm³/mol. The van der Waals surface area contributed by atoms with Crippen LogP contribution in [0, 0.1) is 0 Å². The molecular formula is C12H18FN5O4. The van der Waals surface area contributed by atoms with Crippen molar-refractivity contribution in [3.8, 4) is 0 Å². The molecule has 1 saturated heterocycles. The monoisotopic (exact) mass is 315 g/mol. The fourth-order valence-electron chi connectivity index (χ4n) is 2.78. The van der Waals surface area contributed by atoms with Gasteiger partial charge in [-0.1, -0.05) is 0 Å². The molecule has 5 atom stereocenters. The normalized spacial score (nSPS) is 36.1. The van der Waals surface area contributed by atoms with Gasteiger partial charge in [0.1, 0.15) is 12.2 Å². The number of aliphatic hydroxyl groups excluding tert-OH is 2. The first-order valence-electron chi connectivity index (χ1n) is 6.83. The number of aromatic nitrogens is 2. The molecule has 2 aliphatic rings. The highest BCUT2D eigenvalue weighted by molar-refractivity contribution is 5.94. The highest BCUT2D eigenvalue weighted by Crippen LogP contribution is 2.31. The number of alkyl halides is 1. The van der Waals surface area contributed by atoms with Crippen molar-refractivity contribution in [2.75, 3.05) is 19.0 Å². The van der Waals surface area contributed by atoms with Gasteiger partial charge < -0.3 is 25.4 Å². The fraction of sp³-hybridized carbons (Fsp3) is 0.667. The van der Waals surface area contributed by atoms with E-state index >= 15 is 0 Å². The molecule has 0 amide bonds. The van der Waals surface area contributed by atoms with Crippen molar-refractivity contribution in [2.24, 2.45) is 12.0 Å². The number of nitrogens with one attached hydrogen (secondary N) is 2. The first-order chi connectivity index (χ1) is 10.5. The molecule has 1 aromatic rings. The van der Waals surface area contributed by atoms with Crippen LogP contribution in [0.3, 0.4) is 0 Å². The average Bonchev–Trinajstić information content (AvgIpc) is 2.98. The Kier molecular flexibility index (Phi) is 3.77. The number of aryl methyl sites for hydroxylation is 1. The zero-order valence-electron chi connectivity index (χ0n) is 12.1. The van der Waals surface area contributed by atoms with Crippen LogP contribution in [0.1, 0.15) is 18.1 Å². The van der Waals surface area contributed by atoms with Crippen molar-refractivity contribution in [3.05, 3.63) is 12.0 Å². The van der Waals surface area contributed by atoms with Crippen LogP contribution < -0.4 is 20.3 Å². The number of fused-ring (bicyclic) bond motifs is 1. The Hall–Kier alpha value is -1.75. The highest BCUT2D eigenvalue weighted by atomic mass is 19.1. The second-order valence-electron chi connectivity index (χ2n) is 5.27. The lowest BCUT2D eigenvalue weighted by atomic mass is 10.1. The first-order valence-corrected chi connectivity index (χ1v) is 6.83. The smallest absolute Gasteiger partial charge is 0.266 e. The summed E-state index contributed by atoms with van der Waals surface area (Å²) in [5.74, 6) is 0.611. The summed E-state index contributed by atoms with van der Waals surface area (Å²) in [4.78, 5) is 3.89. The summed E-state index contributed by atoms with van der Waals surface area (Å²) in [6.07, 6.45) is -5.06. The first kappa shape index (κ1) is 15.2. The molecule has 3 rings (SSSR count). The molecular weight excluding hydrogens is 297 g/mol. The predicted octanol–water partition coefficient (Wildman–Crippen LogP) is -2.74. The van der Waals surface area contributed by atoms with Crippen LogP contribution in [-0.4, -0.2) is 52.8 Å². The van der Waals surface area contributed by atoms with Crippen molar-refractivity contribution >= 4 is 11.8 Å². The topological polar surface area (TPSA) is 118 Å². The average molecular weight is 315 g/mol. The van der Waals surface area contributed by atoms with E-state index in [1.807, 2.05) is 0 Å². The number of rotatable bonds is 2. The molecule has 0 bridgehead atoms. The van der Waals surface area contributed by atoms with E-state index in [1.54, 1.807) is 11.6 Å². The number of hydrogen-bond acceptors (Lipinski definition) is 5. The van der Waals surface area contributed by atoms with Crippen molar-refractivity contribution in [2.45, 2.75) is 30.8 Å². The summed E-state index contributed by atoms with van der Waals surface area (Å²) in [6, 6.07) is 0. The standard InChI is InChI=1S/C12H18FN5O4/c1-14-12-15-9-7(10(21)16-12)17(2)4-18(9)11-6(13)8(20)5(3-19)22-11/h4-6,8,10-11,19-20H,3H2,1-2H3,(H2,14,15,16)/t5-,6+,8?,10?,11-/m1/s1. The third-order valence-corrected chi connectivity index (χ3v) is 3.90. The van der Waals surface area contributed by atoms with E-state index < -0.39 is 37.4 Å². The number of nitrogens with zero attached hydrogens (tertiary/aromatic N) is 3. The van der Waals surface area contributed by atoms with E-state index in [2.05, 4.69) is 15.6 Å². The van der Waals surface area contributed by atoms with E-state index in [0.717, 1.165) is 0 Å². The minimum Gasteiger partial charge on any atom is -0.830 e. The van der Waals surface area contributed by atoms with Crippen LogP contribution in [0.5, 0.6) is 0 Å². The maximum Gasteiger partial charge on any atom is 0.266 e. The molecule has 2 aliphatic heterocycles. The van der Waals surface area contributed by atoms with Gasteiger partial charge in [0, 0.05) is 13.3 Å². The highest BCUT2D eigenvalue weighted by Gasteiger charge is 2.48. The molecule has 9 nitrogen and oxygen atoms in total. The summed E-state index contributed by atoms with van der Waals surface area (Å²) in [5, 5.41) is 36.6. The van der Waals surface area contributed by atoms with Gasteiger partial charge in [0.2, 0.25) is 6.23 Å². The van der Waals surface area contributed by atoms with Gasteiger partial charge in [-0.3, -0.25) is 4.57 Å². The number of hydrogen-bond donors (Lipinski definition) is 4. The Morgan fingerprint density at radius 2 is 2.32 bits per heavy atom. The Morgan fingerprint density at radius 3 is 2.91 bits per heavy atom. The van der Waals surface area contributed by atoms with Gasteiger partial charge in [-0.25, -0.2) is 19.3 Å². The molecule has 2 unspecified atom stereocenters. The second-order valence-corrected chi connectivity index (χ2v) is 5.27. The van der Waals surface area contributed by atoms with Crippen molar-refractivity contribution in [1.29, 1.82) is 0 Å². The van der Waals surface area contributed by atoms with E-state index in [1.165, 1.54) is 17.9 Å². The molecule has 3 heterocycles. The van der Waals surface area contributed by atoms with E-state index in [-0.39, 0.29) is 5.96 Å². The van der Waals surface area contributed by atoms with Gasteiger partial charge >= 0.3 is 0 Å². The fourth-order valence-corrected chi connectivity index (χ4v) is 2.78. The quantitative estimate of drug-likeness (QED) is 0.440. The Balaban J connectivity index is 2.01. The summed E-state index contributed by atoms with van der Waals surface area (Å²) < 4.78 is 22.6. The number of guanidine groups is 1. The molecule has 1 aromatic heterocycles. The Labute approximate surface area is 125 Å². The van der Waals surface area contributed by atoms with Crippen LogP contribution in [0.2, 0.25) is 0 Å². The second kappa shape index (κ2) is 5.47. The van der Waals surface area contributed by atoms with Crippen LogP contribution in [-0.2, 0) is 11.8 Å². The number of aliphatic hydroxyl groups is 2. The van der Waals surface area contributed by atoms with E-state index in [0.29, 0.717) is 11.5 Å². The molecule has 0 radical (unpaired) electrons. The van der Waals surface area contributed by atoms with E-state index in [4.69, 9.17) is 9.84 Å². The van der Waals surface area contributed by atoms with Gasteiger partial charge in [-0.15, -0.1) is 0 Å². The van der Waals surface area contributed by atoms with Gasteiger partial charge in [0.15, 0.2) is 18.2 Å². The van der Waals surface area contributed by atoms with Crippen LogP contribution in [0.4, 0.5) is 10.2 Å². The van der Waals surface area contributed by atoms with E-state index in [9.17, 15) is 14.6 Å². The lowest BCUT2D eigenvalue weighted by Crippen LogP contribution is -2.51. The molecule has 4 N–H and O–H groups in total. The molecule has 0 aromatic carbocycles. The summed E-state index contributed by atoms with van der Waals surface area (Å²) in [6.45, 7) is -0.492. The van der Waals surface area contributed by atoms with Crippen LogP contribution >= 0.6 is 0 Å². The third kappa shape index (κ3) is 2.15. The number of imidazole rings is 1. The minimum atomic E-state index is -1.72. The molecule has 0 spiro atoms. The Bertz CT molecular complexity index is 607. The molecule has 10 heteroatoms. The molecule has 122 valence electrons. The molecule has 1 fully saturated rings. The SMILES string of the molecule is CN=C1Nc2c(n(C)c[n+]2[C@@H]2O[C@H](CO)C(O)[C@@H]2F)C([O-])N1. The largest absolute Gasteiger partial charge is 0.830 e. The third-order valence-electron chi connectivity index (χ3n) is 3.90.